The second-order valence-corrected chi connectivity index (χ2v) is 8.66. The first-order valence-corrected chi connectivity index (χ1v) is 11.9. The lowest BCUT2D eigenvalue weighted by molar-refractivity contribution is -0.137. The van der Waals surface area contributed by atoms with Crippen molar-refractivity contribution >= 4 is 34.4 Å². The van der Waals surface area contributed by atoms with Gasteiger partial charge in [-0.25, -0.2) is 4.79 Å². The quantitative estimate of drug-likeness (QED) is 0.470. The predicted octanol–water partition coefficient (Wildman–Crippen LogP) is 3.56. The average molecular weight is 467 g/mol. The fourth-order valence-electron chi connectivity index (χ4n) is 3.72. The van der Waals surface area contributed by atoms with Gasteiger partial charge in [0.1, 0.15) is 18.5 Å². The zero-order valence-electron chi connectivity index (χ0n) is 18.4. The molecule has 1 amide bonds. The molecule has 4 rings (SSSR count). The van der Waals surface area contributed by atoms with Crippen LogP contribution in [0.2, 0.25) is 0 Å². The Morgan fingerprint density at radius 1 is 1.18 bits per heavy atom. The summed E-state index contributed by atoms with van der Waals surface area (Å²) in [5.74, 6) is 1.29. The van der Waals surface area contributed by atoms with Crippen molar-refractivity contribution in [3.63, 3.8) is 0 Å². The molecular weight excluding hydrogens is 440 g/mol. The molecule has 172 valence electrons. The minimum Gasteiger partial charge on any atom is -0.489 e. The minimum atomic E-state index is -0.473. The van der Waals surface area contributed by atoms with E-state index in [0.717, 1.165) is 5.75 Å². The van der Waals surface area contributed by atoms with Crippen LogP contribution in [0, 0.1) is 0 Å². The number of methoxy groups -OCH3 is 1. The van der Waals surface area contributed by atoms with Crippen LogP contribution in [0.15, 0.2) is 60.9 Å². The lowest BCUT2D eigenvalue weighted by atomic mass is 10.1. The topological polar surface area (TPSA) is 78.0 Å². The molecule has 2 aromatic carbocycles. The molecule has 33 heavy (non-hydrogen) atoms. The monoisotopic (exact) mass is 466 g/mol. The van der Waals surface area contributed by atoms with Crippen LogP contribution in [0.5, 0.6) is 5.75 Å². The smallest absolute Gasteiger partial charge is 0.339 e. The second kappa shape index (κ2) is 11.2. The molecule has 0 aliphatic carbocycles. The van der Waals surface area contributed by atoms with Crippen molar-refractivity contribution in [1.29, 1.82) is 0 Å². The second-order valence-electron chi connectivity index (χ2n) is 7.68. The molecule has 3 aromatic rings. The fourth-order valence-corrected chi connectivity index (χ4v) is 4.65. The summed E-state index contributed by atoms with van der Waals surface area (Å²) in [6.45, 7) is 1.77. The molecule has 1 unspecified atom stereocenters. The Morgan fingerprint density at radius 3 is 2.91 bits per heavy atom. The summed E-state index contributed by atoms with van der Waals surface area (Å²) in [7, 11) is 1.32. The van der Waals surface area contributed by atoms with E-state index in [-0.39, 0.29) is 18.6 Å². The summed E-state index contributed by atoms with van der Waals surface area (Å²) in [6, 6.07) is 16.2. The highest BCUT2D eigenvalue weighted by atomic mass is 32.2. The number of hydrogen-bond donors (Lipinski definition) is 0. The molecule has 1 aromatic heterocycles. The number of carbonyl (C=O) groups excluding carboxylic acids is 2. The van der Waals surface area contributed by atoms with Gasteiger partial charge in [-0.2, -0.15) is 0 Å². The molecule has 0 spiro atoms. The Labute approximate surface area is 197 Å². The van der Waals surface area contributed by atoms with Crippen molar-refractivity contribution in [2.75, 3.05) is 39.2 Å². The largest absolute Gasteiger partial charge is 0.489 e. The highest BCUT2D eigenvalue weighted by Gasteiger charge is 2.25. The van der Waals surface area contributed by atoms with Crippen molar-refractivity contribution < 1.29 is 23.8 Å². The van der Waals surface area contributed by atoms with Gasteiger partial charge in [-0.15, -0.1) is 11.8 Å². The number of nitrogens with zero attached hydrogens (tertiary/aromatic N) is 2. The number of carbonyl (C=O) groups is 2. The van der Waals surface area contributed by atoms with Crippen LogP contribution in [0.3, 0.4) is 0 Å². The van der Waals surface area contributed by atoms with Gasteiger partial charge in [0.05, 0.1) is 37.8 Å². The van der Waals surface area contributed by atoms with E-state index >= 15 is 0 Å². The number of esters is 1. The third-order valence-corrected chi connectivity index (χ3v) is 6.39. The number of rotatable bonds is 8. The highest BCUT2D eigenvalue weighted by Crippen LogP contribution is 2.23. The van der Waals surface area contributed by atoms with E-state index in [4.69, 9.17) is 14.2 Å². The van der Waals surface area contributed by atoms with Crippen LogP contribution in [0.1, 0.15) is 15.9 Å². The lowest BCUT2D eigenvalue weighted by Crippen LogP contribution is -2.48. The average Bonchev–Trinajstić information content (AvgIpc) is 2.87. The molecule has 0 saturated carbocycles. The van der Waals surface area contributed by atoms with E-state index in [9.17, 15) is 9.59 Å². The Bertz CT molecular complexity index is 1120. The number of hydrogen-bond acceptors (Lipinski definition) is 7. The Morgan fingerprint density at radius 2 is 2.03 bits per heavy atom. The number of aromatic nitrogens is 1. The number of fused-ring (bicyclic) bond motifs is 1. The normalized spacial score (nSPS) is 15.9. The molecule has 2 heterocycles. The predicted molar refractivity (Wildman–Crippen MR) is 128 cm³/mol. The Balaban J connectivity index is 1.26. The van der Waals surface area contributed by atoms with Crippen molar-refractivity contribution in [3.8, 4) is 5.75 Å². The number of benzene rings is 2. The van der Waals surface area contributed by atoms with E-state index in [2.05, 4.69) is 35.3 Å². The first-order valence-electron chi connectivity index (χ1n) is 10.7. The zero-order valence-corrected chi connectivity index (χ0v) is 19.3. The highest BCUT2D eigenvalue weighted by molar-refractivity contribution is 7.99. The van der Waals surface area contributed by atoms with Crippen LogP contribution < -0.4 is 4.74 Å². The third-order valence-electron chi connectivity index (χ3n) is 5.42. The maximum atomic E-state index is 12.8. The van der Waals surface area contributed by atoms with E-state index in [1.165, 1.54) is 35.8 Å². The van der Waals surface area contributed by atoms with Crippen LogP contribution in [0.25, 0.3) is 10.8 Å². The summed E-state index contributed by atoms with van der Waals surface area (Å²) < 4.78 is 16.2. The number of pyridine rings is 1. The van der Waals surface area contributed by atoms with Crippen LogP contribution in [-0.2, 0) is 20.0 Å². The zero-order chi connectivity index (χ0) is 23.0. The number of amides is 1. The van der Waals surface area contributed by atoms with Gasteiger partial charge in [0.15, 0.2) is 0 Å². The molecule has 1 aliphatic rings. The molecule has 1 fully saturated rings. The molecule has 7 nitrogen and oxygen atoms in total. The first kappa shape index (κ1) is 23.1. The summed E-state index contributed by atoms with van der Waals surface area (Å²) >= 11 is 1.63. The fraction of sp³-hybridized carbons (Fsp3) is 0.320. The van der Waals surface area contributed by atoms with Crippen LogP contribution in [0.4, 0.5) is 0 Å². The lowest BCUT2D eigenvalue weighted by Gasteiger charge is -2.32. The summed E-state index contributed by atoms with van der Waals surface area (Å²) in [5, 5.41) is 2.44. The minimum absolute atomic E-state index is 0.0999. The van der Waals surface area contributed by atoms with Gasteiger partial charge < -0.3 is 19.1 Å². The van der Waals surface area contributed by atoms with Gasteiger partial charge in [-0.1, -0.05) is 42.5 Å². The first-order chi connectivity index (χ1) is 16.1. The van der Waals surface area contributed by atoms with Crippen molar-refractivity contribution in [2.45, 2.75) is 11.9 Å². The van der Waals surface area contributed by atoms with E-state index in [0.29, 0.717) is 36.8 Å². The number of thioether (sulfide) groups is 1. The van der Waals surface area contributed by atoms with Gasteiger partial charge in [0.25, 0.3) is 0 Å². The van der Waals surface area contributed by atoms with Gasteiger partial charge in [0, 0.05) is 18.5 Å². The number of ether oxygens (including phenoxy) is 3. The SMILES string of the molecule is COC(=O)c1cncc(OCC2CN(C(=O)CSCc3cccc4ccccc34)CCO2)c1. The molecule has 1 atom stereocenters. The molecule has 1 saturated heterocycles. The van der Waals surface area contributed by atoms with Crippen LogP contribution in [-0.4, -0.2) is 67.0 Å². The summed E-state index contributed by atoms with van der Waals surface area (Å²) in [4.78, 5) is 30.2. The Kier molecular flexibility index (Phi) is 7.80. The van der Waals surface area contributed by atoms with Gasteiger partial charge in [-0.3, -0.25) is 9.78 Å². The van der Waals surface area contributed by atoms with Crippen molar-refractivity contribution in [1.82, 2.24) is 9.88 Å². The summed E-state index contributed by atoms with van der Waals surface area (Å²) in [5.41, 5.74) is 1.56. The summed E-state index contributed by atoms with van der Waals surface area (Å²) in [6.07, 6.45) is 2.71. The van der Waals surface area contributed by atoms with E-state index in [1.54, 1.807) is 17.8 Å². The molecule has 8 heteroatoms. The number of morpholine rings is 1. The van der Waals surface area contributed by atoms with E-state index < -0.39 is 5.97 Å². The van der Waals surface area contributed by atoms with Gasteiger partial charge >= 0.3 is 5.97 Å². The Hall–Kier alpha value is -3.10. The van der Waals surface area contributed by atoms with Crippen molar-refractivity contribution in [2.24, 2.45) is 0 Å². The maximum absolute atomic E-state index is 12.8. The van der Waals surface area contributed by atoms with Crippen molar-refractivity contribution in [3.05, 3.63) is 72.1 Å². The molecule has 1 aliphatic heterocycles. The maximum Gasteiger partial charge on any atom is 0.339 e. The van der Waals surface area contributed by atoms with E-state index in [1.807, 2.05) is 17.0 Å². The van der Waals surface area contributed by atoms with Gasteiger partial charge in [-0.05, 0) is 22.4 Å². The molecule has 0 N–H and O–H groups in total. The standard InChI is InChI=1S/C25H26N2O5S/c1-30-25(29)20-11-21(13-26-12-20)32-15-22-14-27(9-10-31-22)24(28)17-33-16-19-7-4-6-18-5-2-3-8-23(18)19/h2-8,11-13,22H,9-10,14-17H2,1H3. The molecule has 0 bridgehead atoms. The molecular formula is C25H26N2O5S. The van der Waals surface area contributed by atoms with Gasteiger partial charge in [0.2, 0.25) is 5.91 Å². The van der Waals surface area contributed by atoms with Crippen LogP contribution >= 0.6 is 11.8 Å². The third kappa shape index (κ3) is 6.03. The molecule has 0 radical (unpaired) electrons.